The van der Waals surface area contributed by atoms with Gasteiger partial charge in [0.15, 0.2) is 6.29 Å². The van der Waals surface area contributed by atoms with Crippen LogP contribution in [-0.4, -0.2) is 60.4 Å². The van der Waals surface area contributed by atoms with Crippen molar-refractivity contribution in [2.24, 2.45) is 5.73 Å². The van der Waals surface area contributed by atoms with Crippen LogP contribution < -0.4 is 11.1 Å². The van der Waals surface area contributed by atoms with Crippen molar-refractivity contribution >= 4 is 5.91 Å². The van der Waals surface area contributed by atoms with Gasteiger partial charge < -0.3 is 30.7 Å². The number of hydrogen-bond acceptors (Lipinski definition) is 6. The van der Waals surface area contributed by atoms with Crippen LogP contribution in [0.1, 0.15) is 6.92 Å². The molecule has 0 aromatic carbocycles. The zero-order valence-electron chi connectivity index (χ0n) is 9.29. The molecule has 0 aromatic rings. The van der Waals surface area contributed by atoms with E-state index in [1.54, 1.807) is 0 Å². The maximum Gasteiger partial charge on any atom is 0.217 e. The molecule has 16 heavy (non-hydrogen) atoms. The van der Waals surface area contributed by atoms with Crippen molar-refractivity contribution in [1.29, 1.82) is 0 Å². The highest BCUT2D eigenvalue weighted by Gasteiger charge is 2.44. The lowest BCUT2D eigenvalue weighted by Gasteiger charge is -2.41. The molecule has 1 fully saturated rings. The molecule has 1 aliphatic rings. The summed E-state index contributed by atoms with van der Waals surface area (Å²) in [5, 5.41) is 21.9. The average molecular weight is 234 g/mol. The van der Waals surface area contributed by atoms with Crippen LogP contribution in [0.3, 0.4) is 0 Å². The Morgan fingerprint density at radius 1 is 1.50 bits per heavy atom. The van der Waals surface area contributed by atoms with Crippen molar-refractivity contribution in [2.45, 2.75) is 37.6 Å². The fourth-order valence-electron chi connectivity index (χ4n) is 1.72. The largest absolute Gasteiger partial charge is 0.388 e. The van der Waals surface area contributed by atoms with Crippen LogP contribution in [0.25, 0.3) is 0 Å². The smallest absolute Gasteiger partial charge is 0.217 e. The molecule has 1 rings (SSSR count). The van der Waals surface area contributed by atoms with Crippen molar-refractivity contribution in [1.82, 2.24) is 5.32 Å². The molecule has 0 saturated carbocycles. The zero-order valence-corrected chi connectivity index (χ0v) is 9.29. The molecular formula is C9H18N2O5. The Bertz CT molecular complexity index is 248. The number of aliphatic hydroxyl groups excluding tert-OH is 2. The third kappa shape index (κ3) is 2.69. The molecule has 0 spiro atoms. The third-order valence-corrected chi connectivity index (χ3v) is 2.54. The summed E-state index contributed by atoms with van der Waals surface area (Å²) in [6, 6.07) is -0.805. The second-order valence-corrected chi connectivity index (χ2v) is 3.72. The highest BCUT2D eigenvalue weighted by molar-refractivity contribution is 5.73. The van der Waals surface area contributed by atoms with Gasteiger partial charge in [0, 0.05) is 20.6 Å². The van der Waals surface area contributed by atoms with E-state index >= 15 is 0 Å². The summed E-state index contributed by atoms with van der Waals surface area (Å²) < 4.78 is 10.3. The topological polar surface area (TPSA) is 114 Å². The number of aliphatic hydroxyl groups is 2. The summed E-state index contributed by atoms with van der Waals surface area (Å²) >= 11 is 0. The monoisotopic (exact) mass is 234 g/mol. The molecule has 1 heterocycles. The van der Waals surface area contributed by atoms with E-state index in [9.17, 15) is 15.0 Å². The molecule has 1 amide bonds. The van der Waals surface area contributed by atoms with E-state index in [0.29, 0.717) is 0 Å². The van der Waals surface area contributed by atoms with Crippen LogP contribution in [-0.2, 0) is 14.3 Å². The molecule has 7 heteroatoms. The Balaban J connectivity index is 2.77. The third-order valence-electron chi connectivity index (χ3n) is 2.54. The number of methoxy groups -OCH3 is 1. The number of carbonyl (C=O) groups is 1. The first-order chi connectivity index (χ1) is 7.51. The molecule has 5 atom stereocenters. The second kappa shape index (κ2) is 5.55. The van der Waals surface area contributed by atoms with Gasteiger partial charge in [0.2, 0.25) is 5.91 Å². The highest BCUT2D eigenvalue weighted by Crippen LogP contribution is 2.21. The Hall–Kier alpha value is -0.730. The normalized spacial score (nSPS) is 39.4. The average Bonchev–Trinajstić information content (AvgIpc) is 2.25. The van der Waals surface area contributed by atoms with E-state index in [-0.39, 0.29) is 12.5 Å². The molecule has 3 unspecified atom stereocenters. The molecule has 0 aromatic heterocycles. The number of carbonyl (C=O) groups excluding carboxylic acids is 1. The Morgan fingerprint density at radius 2 is 2.12 bits per heavy atom. The van der Waals surface area contributed by atoms with E-state index in [1.165, 1.54) is 14.0 Å². The van der Waals surface area contributed by atoms with E-state index < -0.39 is 30.6 Å². The molecule has 94 valence electrons. The minimum Gasteiger partial charge on any atom is -0.388 e. The van der Waals surface area contributed by atoms with Crippen molar-refractivity contribution in [2.75, 3.05) is 13.7 Å². The first-order valence-corrected chi connectivity index (χ1v) is 5.02. The van der Waals surface area contributed by atoms with Gasteiger partial charge in [-0.05, 0) is 0 Å². The molecule has 1 aliphatic heterocycles. The van der Waals surface area contributed by atoms with Crippen molar-refractivity contribution in [3.63, 3.8) is 0 Å². The zero-order chi connectivity index (χ0) is 12.3. The van der Waals surface area contributed by atoms with E-state index in [4.69, 9.17) is 15.2 Å². The summed E-state index contributed by atoms with van der Waals surface area (Å²) in [7, 11) is 1.39. The van der Waals surface area contributed by atoms with E-state index in [0.717, 1.165) is 0 Å². The molecular weight excluding hydrogens is 216 g/mol. The Kier molecular flexibility index (Phi) is 4.63. The van der Waals surface area contributed by atoms with Gasteiger partial charge in [-0.1, -0.05) is 0 Å². The Morgan fingerprint density at radius 3 is 2.56 bits per heavy atom. The van der Waals surface area contributed by atoms with Gasteiger partial charge in [-0.15, -0.1) is 0 Å². The molecule has 0 bridgehead atoms. The summed E-state index contributed by atoms with van der Waals surface area (Å²) in [4.78, 5) is 10.9. The maximum atomic E-state index is 10.9. The fourth-order valence-corrected chi connectivity index (χ4v) is 1.72. The van der Waals surface area contributed by atoms with Gasteiger partial charge in [-0.25, -0.2) is 0 Å². The lowest BCUT2D eigenvalue weighted by molar-refractivity contribution is -0.253. The number of nitrogens with two attached hydrogens (primary N) is 1. The second-order valence-electron chi connectivity index (χ2n) is 3.72. The quantitative estimate of drug-likeness (QED) is 0.431. The number of ether oxygens (including phenoxy) is 2. The summed E-state index contributed by atoms with van der Waals surface area (Å²) in [5.74, 6) is -0.340. The first-order valence-electron chi connectivity index (χ1n) is 5.02. The lowest BCUT2D eigenvalue weighted by Crippen LogP contribution is -2.64. The number of amides is 1. The van der Waals surface area contributed by atoms with Crippen LogP contribution >= 0.6 is 0 Å². The predicted molar refractivity (Wildman–Crippen MR) is 54.3 cm³/mol. The van der Waals surface area contributed by atoms with E-state index in [2.05, 4.69) is 5.32 Å². The Labute approximate surface area is 93.5 Å². The standard InChI is InChI=1S/C9H18N2O5/c1-4(12)11-6-8(14)7(13)5(3-10)16-9(6)15-2/h5-9,13-14H,3,10H2,1-2H3,(H,11,12)/t5?,6?,7-,8?,9+/m1/s1. The summed E-state index contributed by atoms with van der Waals surface area (Å²) in [6.07, 6.45) is -3.84. The fraction of sp³-hybridized carbons (Fsp3) is 0.889. The highest BCUT2D eigenvalue weighted by atomic mass is 16.7. The maximum absolute atomic E-state index is 10.9. The van der Waals surface area contributed by atoms with Gasteiger partial charge in [0.05, 0.1) is 0 Å². The van der Waals surface area contributed by atoms with Crippen molar-refractivity contribution in [3.05, 3.63) is 0 Å². The van der Waals surface area contributed by atoms with Gasteiger partial charge in [-0.3, -0.25) is 4.79 Å². The number of nitrogens with one attached hydrogen (secondary N) is 1. The molecule has 7 nitrogen and oxygen atoms in total. The first kappa shape index (κ1) is 13.3. The summed E-state index contributed by atoms with van der Waals surface area (Å²) in [6.45, 7) is 1.37. The molecule has 0 radical (unpaired) electrons. The molecule has 1 saturated heterocycles. The van der Waals surface area contributed by atoms with Gasteiger partial charge in [-0.2, -0.15) is 0 Å². The summed E-state index contributed by atoms with van der Waals surface area (Å²) in [5.41, 5.74) is 5.38. The van der Waals surface area contributed by atoms with Crippen molar-refractivity contribution in [3.8, 4) is 0 Å². The van der Waals surface area contributed by atoms with Crippen LogP contribution in [0.4, 0.5) is 0 Å². The van der Waals surface area contributed by atoms with Crippen molar-refractivity contribution < 1.29 is 24.5 Å². The lowest BCUT2D eigenvalue weighted by atomic mass is 9.96. The van der Waals surface area contributed by atoms with Gasteiger partial charge in [0.25, 0.3) is 0 Å². The number of hydrogen-bond donors (Lipinski definition) is 4. The van der Waals surface area contributed by atoms with Gasteiger partial charge in [0.1, 0.15) is 24.4 Å². The van der Waals surface area contributed by atoms with Crippen LogP contribution in [0.2, 0.25) is 0 Å². The number of rotatable bonds is 3. The van der Waals surface area contributed by atoms with Crippen LogP contribution in [0.15, 0.2) is 0 Å². The minimum absolute atomic E-state index is 0.0604. The predicted octanol–water partition coefficient (Wildman–Crippen LogP) is -2.46. The van der Waals surface area contributed by atoms with E-state index in [1.807, 2.05) is 0 Å². The SMILES string of the molecule is CO[C@H]1OC(CN)[C@@H](O)C(O)C1NC(C)=O. The van der Waals surface area contributed by atoms with Crippen LogP contribution in [0, 0.1) is 0 Å². The molecule has 5 N–H and O–H groups in total. The molecule has 0 aliphatic carbocycles. The minimum atomic E-state index is -1.17. The van der Waals surface area contributed by atoms with Crippen LogP contribution in [0.5, 0.6) is 0 Å². The van der Waals surface area contributed by atoms with Gasteiger partial charge >= 0.3 is 0 Å².